The van der Waals surface area contributed by atoms with E-state index in [-0.39, 0.29) is 31.5 Å². The Balaban J connectivity index is 1.35. The Morgan fingerprint density at radius 3 is 1.96 bits per heavy atom. The third kappa shape index (κ3) is 10.3. The van der Waals surface area contributed by atoms with Crippen LogP contribution in [-0.4, -0.2) is 54.9 Å². The van der Waals surface area contributed by atoms with Crippen LogP contribution >= 0.6 is 0 Å². The number of amides is 3. The summed E-state index contributed by atoms with van der Waals surface area (Å²) in [6, 6.07) is 23.4. The molecule has 0 unspecified atom stereocenters. The number of nitrogens with one attached hydrogen (secondary N) is 3. The minimum absolute atomic E-state index is 0.0534. The molecule has 1 aliphatic carbocycles. The fourth-order valence-electron chi connectivity index (χ4n) is 5.62. The van der Waals surface area contributed by atoms with Crippen LogP contribution < -0.4 is 16.0 Å². The van der Waals surface area contributed by atoms with Gasteiger partial charge in [0.15, 0.2) is 0 Å². The highest BCUT2D eigenvalue weighted by molar-refractivity contribution is 5.90. The van der Waals surface area contributed by atoms with E-state index in [1.54, 1.807) is 34.6 Å². The monoisotopic (exact) mass is 657 g/mol. The zero-order chi connectivity index (χ0) is 34.7. The number of fused-ring (bicyclic) bond motifs is 3. The average molecular weight is 658 g/mol. The first-order chi connectivity index (χ1) is 22.9. The Kier molecular flexibility index (Phi) is 12.6. The first-order valence-corrected chi connectivity index (χ1v) is 16.5. The molecule has 48 heavy (non-hydrogen) atoms. The number of ether oxygens (including phenoxy) is 3. The van der Waals surface area contributed by atoms with Crippen molar-refractivity contribution in [2.75, 3.05) is 13.2 Å². The highest BCUT2D eigenvalue weighted by Crippen LogP contribution is 2.44. The number of rotatable bonds is 14. The quantitative estimate of drug-likeness (QED) is 0.103. The number of carbonyl (C=O) groups excluding carboxylic acids is 4. The number of benzene rings is 3. The Hall–Kier alpha value is -4.86. The van der Waals surface area contributed by atoms with Crippen LogP contribution in [0.2, 0.25) is 0 Å². The lowest BCUT2D eigenvalue weighted by atomic mass is 9.98. The van der Waals surface area contributed by atoms with E-state index >= 15 is 0 Å². The van der Waals surface area contributed by atoms with E-state index in [0.29, 0.717) is 19.4 Å². The second kappa shape index (κ2) is 16.8. The highest BCUT2D eigenvalue weighted by Gasteiger charge is 2.32. The smallest absolute Gasteiger partial charge is 0.407 e. The van der Waals surface area contributed by atoms with Crippen molar-refractivity contribution < 1.29 is 33.4 Å². The molecule has 2 atom stereocenters. The van der Waals surface area contributed by atoms with Crippen molar-refractivity contribution in [3.8, 4) is 11.1 Å². The van der Waals surface area contributed by atoms with Crippen LogP contribution in [0.1, 0.15) is 76.5 Å². The van der Waals surface area contributed by atoms with E-state index in [0.717, 1.165) is 27.8 Å². The number of alkyl carbamates (subject to hydrolysis) is 2. The Bertz CT molecular complexity index is 1510. The molecule has 0 aromatic heterocycles. The van der Waals surface area contributed by atoms with Crippen molar-refractivity contribution in [3.05, 3.63) is 95.6 Å². The maximum absolute atomic E-state index is 13.5. The number of carbonyl (C=O) groups is 4. The second-order valence-corrected chi connectivity index (χ2v) is 13.3. The van der Waals surface area contributed by atoms with E-state index in [1.807, 2.05) is 66.7 Å². The third-order valence-corrected chi connectivity index (χ3v) is 7.98. The van der Waals surface area contributed by atoms with Crippen LogP contribution in [0.25, 0.3) is 11.1 Å². The summed E-state index contributed by atoms with van der Waals surface area (Å²) in [7, 11) is 0. The molecule has 1 aliphatic rings. The van der Waals surface area contributed by atoms with Crippen molar-refractivity contribution in [1.29, 1.82) is 0 Å². The van der Waals surface area contributed by atoms with E-state index < -0.39 is 41.7 Å². The van der Waals surface area contributed by atoms with Gasteiger partial charge in [-0.1, -0.05) is 92.7 Å². The van der Waals surface area contributed by atoms with Gasteiger partial charge in [0.05, 0.1) is 0 Å². The SMILES string of the molecule is CC(C)[C@H](NC(=O)OCC1c2ccccc2-c2ccccc21)C(=O)N[C@@H](CCCCNC(=O)OC(C)(C)C)C(=O)OCc1ccccc1. The Morgan fingerprint density at radius 2 is 1.35 bits per heavy atom. The minimum Gasteiger partial charge on any atom is -0.459 e. The molecule has 0 saturated heterocycles. The molecule has 3 N–H and O–H groups in total. The molecule has 256 valence electrons. The predicted octanol–water partition coefficient (Wildman–Crippen LogP) is 6.47. The van der Waals surface area contributed by atoms with E-state index in [1.165, 1.54) is 0 Å². The van der Waals surface area contributed by atoms with Gasteiger partial charge in [0.25, 0.3) is 0 Å². The molecule has 3 aromatic rings. The summed E-state index contributed by atoms with van der Waals surface area (Å²) in [6.07, 6.45) is 0.0811. The lowest BCUT2D eigenvalue weighted by Crippen LogP contribution is -2.54. The van der Waals surface area contributed by atoms with Crippen LogP contribution in [0, 0.1) is 5.92 Å². The van der Waals surface area contributed by atoms with Crippen LogP contribution in [0.4, 0.5) is 9.59 Å². The Labute approximate surface area is 282 Å². The summed E-state index contributed by atoms with van der Waals surface area (Å²) < 4.78 is 16.5. The van der Waals surface area contributed by atoms with Gasteiger partial charge in [-0.05, 0) is 73.8 Å². The van der Waals surface area contributed by atoms with Gasteiger partial charge in [0.1, 0.15) is 30.9 Å². The molecule has 0 radical (unpaired) electrons. The summed E-state index contributed by atoms with van der Waals surface area (Å²) in [4.78, 5) is 51.8. The molecule has 0 saturated carbocycles. The third-order valence-electron chi connectivity index (χ3n) is 7.98. The number of hydrogen-bond acceptors (Lipinski definition) is 7. The molecule has 10 nitrogen and oxygen atoms in total. The fourth-order valence-corrected chi connectivity index (χ4v) is 5.62. The standard InChI is InChI=1S/C38H47N3O7/c1-25(2)33(41-37(45)47-24-31-29-19-11-9-17-27(29)28-18-10-12-20-30(28)31)34(42)40-32(35(43)46-23-26-15-7-6-8-16-26)21-13-14-22-39-36(44)48-38(3,4)5/h6-12,15-20,25,31-33H,13-14,21-24H2,1-5H3,(H,39,44)(H,40,42)(H,41,45)/t32-,33-/m0/s1. The normalized spacial score (nSPS) is 13.5. The number of unbranched alkanes of at least 4 members (excludes halogenated alkanes) is 1. The van der Waals surface area contributed by atoms with Crippen LogP contribution in [-0.2, 0) is 30.4 Å². The summed E-state index contributed by atoms with van der Waals surface area (Å²) in [5.74, 6) is -1.53. The predicted molar refractivity (Wildman–Crippen MR) is 183 cm³/mol. The lowest BCUT2D eigenvalue weighted by molar-refractivity contribution is -0.149. The van der Waals surface area contributed by atoms with E-state index in [9.17, 15) is 19.2 Å². The van der Waals surface area contributed by atoms with E-state index in [4.69, 9.17) is 14.2 Å². The maximum Gasteiger partial charge on any atom is 0.407 e. The average Bonchev–Trinajstić information content (AvgIpc) is 3.37. The lowest BCUT2D eigenvalue weighted by Gasteiger charge is -2.25. The van der Waals surface area contributed by atoms with E-state index in [2.05, 4.69) is 28.1 Å². The van der Waals surface area contributed by atoms with Crippen molar-refractivity contribution >= 4 is 24.1 Å². The molecule has 3 aromatic carbocycles. The Morgan fingerprint density at radius 1 is 0.750 bits per heavy atom. The molecule has 10 heteroatoms. The molecule has 0 bridgehead atoms. The zero-order valence-corrected chi connectivity index (χ0v) is 28.4. The molecule has 0 heterocycles. The van der Waals surface area contributed by atoms with Crippen molar-refractivity contribution in [2.24, 2.45) is 5.92 Å². The maximum atomic E-state index is 13.5. The first-order valence-electron chi connectivity index (χ1n) is 16.5. The van der Waals surface area contributed by atoms with Gasteiger partial charge in [-0.25, -0.2) is 14.4 Å². The molecule has 0 fully saturated rings. The summed E-state index contributed by atoms with van der Waals surface area (Å²) in [5, 5.41) is 8.21. The number of esters is 1. The fraction of sp³-hybridized carbons (Fsp3) is 0.421. The van der Waals surface area contributed by atoms with Crippen molar-refractivity contribution in [1.82, 2.24) is 16.0 Å². The van der Waals surface area contributed by atoms with Gasteiger partial charge in [-0.15, -0.1) is 0 Å². The number of hydrogen-bond donors (Lipinski definition) is 3. The van der Waals surface area contributed by atoms with Crippen molar-refractivity contribution in [3.63, 3.8) is 0 Å². The summed E-state index contributed by atoms with van der Waals surface area (Å²) in [5.41, 5.74) is 4.61. The van der Waals surface area contributed by atoms with Crippen LogP contribution in [0.3, 0.4) is 0 Å². The molecule has 3 amide bonds. The van der Waals surface area contributed by atoms with Gasteiger partial charge in [-0.2, -0.15) is 0 Å². The van der Waals surface area contributed by atoms with Crippen LogP contribution in [0.15, 0.2) is 78.9 Å². The van der Waals surface area contributed by atoms with Gasteiger partial charge >= 0.3 is 18.2 Å². The minimum atomic E-state index is -0.965. The first kappa shape index (κ1) is 36.0. The summed E-state index contributed by atoms with van der Waals surface area (Å²) >= 11 is 0. The second-order valence-electron chi connectivity index (χ2n) is 13.3. The molecule has 0 aliphatic heterocycles. The van der Waals surface area contributed by atoms with Gasteiger partial charge < -0.3 is 30.2 Å². The topological polar surface area (TPSA) is 132 Å². The molecule has 4 rings (SSSR count). The van der Waals surface area contributed by atoms with Crippen LogP contribution in [0.5, 0.6) is 0 Å². The molecular formula is C38H47N3O7. The van der Waals surface area contributed by atoms with Gasteiger partial charge in [0, 0.05) is 12.5 Å². The molecular weight excluding hydrogens is 610 g/mol. The zero-order valence-electron chi connectivity index (χ0n) is 28.4. The summed E-state index contributed by atoms with van der Waals surface area (Å²) in [6.45, 7) is 9.47. The van der Waals surface area contributed by atoms with Gasteiger partial charge in [-0.3, -0.25) is 4.79 Å². The van der Waals surface area contributed by atoms with Gasteiger partial charge in [0.2, 0.25) is 5.91 Å². The largest absolute Gasteiger partial charge is 0.459 e. The molecule has 0 spiro atoms. The highest BCUT2D eigenvalue weighted by atomic mass is 16.6. The van der Waals surface area contributed by atoms with Crippen molar-refractivity contribution in [2.45, 2.75) is 84.1 Å².